The molecule has 20 heavy (non-hydrogen) atoms. The van der Waals surface area contributed by atoms with E-state index in [0.717, 1.165) is 23.4 Å². The van der Waals surface area contributed by atoms with Gasteiger partial charge in [0.15, 0.2) is 0 Å². The lowest BCUT2D eigenvalue weighted by molar-refractivity contribution is -0.116. The number of aromatic nitrogens is 1. The average Bonchev–Trinajstić information content (AvgIpc) is 2.47. The van der Waals surface area contributed by atoms with Crippen LogP contribution >= 0.6 is 0 Å². The van der Waals surface area contributed by atoms with E-state index in [9.17, 15) is 4.79 Å². The minimum atomic E-state index is 0.0236. The summed E-state index contributed by atoms with van der Waals surface area (Å²) in [5, 5.41) is 6.02. The van der Waals surface area contributed by atoms with E-state index in [1.54, 1.807) is 12.4 Å². The number of benzene rings is 1. The first-order valence-corrected chi connectivity index (χ1v) is 6.70. The first-order chi connectivity index (χ1) is 9.78. The van der Waals surface area contributed by atoms with Crippen molar-refractivity contribution in [3.8, 4) is 0 Å². The van der Waals surface area contributed by atoms with Crippen molar-refractivity contribution in [1.29, 1.82) is 0 Å². The third-order valence-corrected chi connectivity index (χ3v) is 2.96. The smallest absolute Gasteiger partial charge is 0.224 e. The Kier molecular flexibility index (Phi) is 5.26. The number of aryl methyl sites for hydroxylation is 1. The molecule has 0 unspecified atom stereocenters. The lowest BCUT2D eigenvalue weighted by Crippen LogP contribution is -2.13. The number of rotatable bonds is 6. The Bertz CT molecular complexity index is 555. The van der Waals surface area contributed by atoms with Gasteiger partial charge in [-0.05, 0) is 42.8 Å². The number of carbonyl (C=O) groups is 1. The Morgan fingerprint density at radius 2 is 2.05 bits per heavy atom. The summed E-state index contributed by atoms with van der Waals surface area (Å²) in [6.45, 7) is 0.791. The Labute approximate surface area is 119 Å². The second-order valence-electron chi connectivity index (χ2n) is 4.64. The van der Waals surface area contributed by atoms with Crippen LogP contribution in [0.4, 0.5) is 5.69 Å². The molecule has 4 heteroatoms. The molecule has 1 aromatic heterocycles. The van der Waals surface area contributed by atoms with Gasteiger partial charge in [0.1, 0.15) is 0 Å². The predicted molar refractivity (Wildman–Crippen MR) is 80.4 cm³/mol. The molecule has 1 amide bonds. The topological polar surface area (TPSA) is 54.0 Å². The molecule has 0 aliphatic rings. The third kappa shape index (κ3) is 4.48. The molecule has 0 bridgehead atoms. The van der Waals surface area contributed by atoms with Crippen LogP contribution in [-0.2, 0) is 17.8 Å². The number of amides is 1. The first-order valence-electron chi connectivity index (χ1n) is 6.70. The van der Waals surface area contributed by atoms with E-state index in [2.05, 4.69) is 15.6 Å². The van der Waals surface area contributed by atoms with Crippen molar-refractivity contribution >= 4 is 11.6 Å². The van der Waals surface area contributed by atoms with Gasteiger partial charge in [-0.15, -0.1) is 0 Å². The number of anilines is 1. The van der Waals surface area contributed by atoms with Crippen molar-refractivity contribution in [2.45, 2.75) is 19.4 Å². The molecule has 2 aromatic rings. The van der Waals surface area contributed by atoms with Gasteiger partial charge in [-0.1, -0.05) is 18.2 Å². The zero-order valence-electron chi connectivity index (χ0n) is 11.6. The fourth-order valence-electron chi connectivity index (χ4n) is 1.99. The van der Waals surface area contributed by atoms with Gasteiger partial charge in [0.2, 0.25) is 5.91 Å². The standard InChI is InChI=1S/C16H19N3O/c1-17-11-14-4-2-6-15(10-14)19-16(20)8-7-13-5-3-9-18-12-13/h2-6,9-10,12,17H,7-8,11H2,1H3,(H,19,20). The number of hydrogen-bond acceptors (Lipinski definition) is 3. The number of pyridine rings is 1. The minimum Gasteiger partial charge on any atom is -0.326 e. The zero-order valence-corrected chi connectivity index (χ0v) is 11.6. The number of nitrogens with one attached hydrogen (secondary N) is 2. The highest BCUT2D eigenvalue weighted by molar-refractivity contribution is 5.90. The highest BCUT2D eigenvalue weighted by Gasteiger charge is 2.03. The summed E-state index contributed by atoms with van der Waals surface area (Å²) in [4.78, 5) is 15.9. The largest absolute Gasteiger partial charge is 0.326 e. The summed E-state index contributed by atoms with van der Waals surface area (Å²) in [5.41, 5.74) is 3.07. The van der Waals surface area contributed by atoms with Crippen LogP contribution in [0, 0.1) is 0 Å². The molecule has 0 atom stereocenters. The maximum Gasteiger partial charge on any atom is 0.224 e. The highest BCUT2D eigenvalue weighted by Crippen LogP contribution is 2.11. The molecule has 2 rings (SSSR count). The van der Waals surface area contributed by atoms with Crippen LogP contribution in [-0.4, -0.2) is 17.9 Å². The zero-order chi connectivity index (χ0) is 14.2. The lowest BCUT2D eigenvalue weighted by atomic mass is 10.1. The SMILES string of the molecule is CNCc1cccc(NC(=O)CCc2cccnc2)c1. The van der Waals surface area contributed by atoms with Crippen molar-refractivity contribution < 1.29 is 4.79 Å². The van der Waals surface area contributed by atoms with Crippen molar-refractivity contribution in [2.24, 2.45) is 0 Å². The van der Waals surface area contributed by atoms with Gasteiger partial charge in [0.05, 0.1) is 0 Å². The van der Waals surface area contributed by atoms with Crippen LogP contribution in [0.1, 0.15) is 17.5 Å². The second-order valence-corrected chi connectivity index (χ2v) is 4.64. The van der Waals surface area contributed by atoms with Crippen LogP contribution in [0.2, 0.25) is 0 Å². The summed E-state index contributed by atoms with van der Waals surface area (Å²) in [7, 11) is 1.90. The predicted octanol–water partition coefficient (Wildman–Crippen LogP) is 2.37. The van der Waals surface area contributed by atoms with E-state index in [1.807, 2.05) is 43.4 Å². The van der Waals surface area contributed by atoms with Crippen LogP contribution < -0.4 is 10.6 Å². The number of carbonyl (C=O) groups excluding carboxylic acids is 1. The minimum absolute atomic E-state index is 0.0236. The van der Waals surface area contributed by atoms with Gasteiger partial charge >= 0.3 is 0 Å². The lowest BCUT2D eigenvalue weighted by Gasteiger charge is -2.07. The summed E-state index contributed by atoms with van der Waals surface area (Å²) in [6.07, 6.45) is 4.69. The molecule has 0 radical (unpaired) electrons. The summed E-state index contributed by atoms with van der Waals surface area (Å²) >= 11 is 0. The molecule has 0 fully saturated rings. The molecule has 1 heterocycles. The number of nitrogens with zero attached hydrogens (tertiary/aromatic N) is 1. The maximum absolute atomic E-state index is 11.9. The average molecular weight is 269 g/mol. The van der Waals surface area contributed by atoms with Crippen molar-refractivity contribution in [1.82, 2.24) is 10.3 Å². The second kappa shape index (κ2) is 7.40. The van der Waals surface area contributed by atoms with Gasteiger partial charge in [0.25, 0.3) is 0 Å². The molecule has 0 aliphatic heterocycles. The van der Waals surface area contributed by atoms with E-state index in [-0.39, 0.29) is 5.91 Å². The van der Waals surface area contributed by atoms with Crippen LogP contribution in [0.5, 0.6) is 0 Å². The molecule has 4 nitrogen and oxygen atoms in total. The van der Waals surface area contributed by atoms with E-state index >= 15 is 0 Å². The monoisotopic (exact) mass is 269 g/mol. The molecule has 0 saturated heterocycles. The third-order valence-electron chi connectivity index (χ3n) is 2.96. The van der Waals surface area contributed by atoms with E-state index < -0.39 is 0 Å². The van der Waals surface area contributed by atoms with Crippen molar-refractivity contribution in [2.75, 3.05) is 12.4 Å². The normalized spacial score (nSPS) is 10.2. The Morgan fingerprint density at radius 3 is 2.80 bits per heavy atom. The van der Waals surface area contributed by atoms with E-state index in [4.69, 9.17) is 0 Å². The molecule has 0 spiro atoms. The number of hydrogen-bond donors (Lipinski definition) is 2. The van der Waals surface area contributed by atoms with Crippen molar-refractivity contribution in [3.05, 3.63) is 59.9 Å². The van der Waals surface area contributed by atoms with Gasteiger partial charge < -0.3 is 10.6 Å². The van der Waals surface area contributed by atoms with Gasteiger partial charge in [0, 0.05) is 31.0 Å². The van der Waals surface area contributed by atoms with Gasteiger partial charge in [-0.3, -0.25) is 9.78 Å². The van der Waals surface area contributed by atoms with Crippen LogP contribution in [0.25, 0.3) is 0 Å². The first kappa shape index (κ1) is 14.2. The molecule has 0 aliphatic carbocycles. The molecule has 0 saturated carbocycles. The van der Waals surface area contributed by atoms with Crippen LogP contribution in [0.15, 0.2) is 48.8 Å². The molecule has 2 N–H and O–H groups in total. The van der Waals surface area contributed by atoms with E-state index in [0.29, 0.717) is 12.8 Å². The molecule has 104 valence electrons. The Hall–Kier alpha value is -2.20. The van der Waals surface area contributed by atoms with Crippen molar-refractivity contribution in [3.63, 3.8) is 0 Å². The van der Waals surface area contributed by atoms with Gasteiger partial charge in [-0.25, -0.2) is 0 Å². The molecular weight excluding hydrogens is 250 g/mol. The summed E-state index contributed by atoms with van der Waals surface area (Å²) in [6, 6.07) is 11.7. The van der Waals surface area contributed by atoms with Crippen LogP contribution in [0.3, 0.4) is 0 Å². The summed E-state index contributed by atoms with van der Waals surface area (Å²) in [5.74, 6) is 0.0236. The van der Waals surface area contributed by atoms with E-state index in [1.165, 1.54) is 0 Å². The fourth-order valence-corrected chi connectivity index (χ4v) is 1.99. The molecule has 1 aromatic carbocycles. The Morgan fingerprint density at radius 1 is 1.20 bits per heavy atom. The quantitative estimate of drug-likeness (QED) is 0.846. The highest BCUT2D eigenvalue weighted by atomic mass is 16.1. The summed E-state index contributed by atoms with van der Waals surface area (Å²) < 4.78 is 0. The fraction of sp³-hybridized carbons (Fsp3) is 0.250. The molecular formula is C16H19N3O. The Balaban J connectivity index is 1.86. The maximum atomic E-state index is 11.9. The van der Waals surface area contributed by atoms with Gasteiger partial charge in [-0.2, -0.15) is 0 Å².